The molecule has 1 N–H and O–H groups in total. The smallest absolute Gasteiger partial charge is 0.218 e. The Morgan fingerprint density at radius 3 is 2.94 bits per heavy atom. The van der Waals surface area contributed by atoms with Gasteiger partial charge in [-0.15, -0.1) is 0 Å². The highest BCUT2D eigenvalue weighted by Gasteiger charge is 2.27. The fourth-order valence-corrected chi connectivity index (χ4v) is 3.32. The average molecular weight is 243 g/mol. The van der Waals surface area contributed by atoms with E-state index in [9.17, 15) is 8.42 Å². The summed E-state index contributed by atoms with van der Waals surface area (Å²) >= 11 is 0. The van der Waals surface area contributed by atoms with Gasteiger partial charge in [-0.05, 0) is 6.42 Å². The first kappa shape index (κ1) is 11.1. The molecule has 1 saturated heterocycles. The molecule has 2 heterocycles. The molecule has 0 bridgehead atoms. The van der Waals surface area contributed by atoms with E-state index in [0.29, 0.717) is 18.1 Å². The molecule has 1 aromatic heterocycles. The van der Waals surface area contributed by atoms with Crippen molar-refractivity contribution < 1.29 is 13.2 Å². The van der Waals surface area contributed by atoms with Crippen LogP contribution in [-0.4, -0.2) is 43.0 Å². The Kier molecular flexibility index (Phi) is 2.95. The van der Waals surface area contributed by atoms with E-state index in [0.717, 1.165) is 0 Å². The third-order valence-corrected chi connectivity index (χ3v) is 4.20. The van der Waals surface area contributed by atoms with Crippen molar-refractivity contribution in [3.63, 3.8) is 0 Å². The minimum absolute atomic E-state index is 0.0652. The molecule has 6 nitrogen and oxygen atoms in total. The van der Waals surface area contributed by atoms with Gasteiger partial charge in [0.2, 0.25) is 5.88 Å². The van der Waals surface area contributed by atoms with Crippen molar-refractivity contribution >= 4 is 15.7 Å². The fourth-order valence-electron chi connectivity index (χ4n) is 1.65. The summed E-state index contributed by atoms with van der Waals surface area (Å²) in [6.07, 6.45) is 2.00. The molecule has 1 fully saturated rings. The topological polar surface area (TPSA) is 81.2 Å². The highest BCUT2D eigenvalue weighted by molar-refractivity contribution is 7.91. The van der Waals surface area contributed by atoms with Crippen LogP contribution in [0, 0.1) is 0 Å². The van der Waals surface area contributed by atoms with E-state index in [1.807, 2.05) is 0 Å². The zero-order valence-electron chi connectivity index (χ0n) is 8.88. The predicted molar refractivity (Wildman–Crippen MR) is 59.3 cm³/mol. The molecule has 16 heavy (non-hydrogen) atoms. The van der Waals surface area contributed by atoms with E-state index < -0.39 is 9.84 Å². The normalized spacial score (nSPS) is 22.9. The van der Waals surface area contributed by atoms with E-state index in [1.54, 1.807) is 6.07 Å². The summed E-state index contributed by atoms with van der Waals surface area (Å²) in [5.74, 6) is 1.46. The first-order valence-corrected chi connectivity index (χ1v) is 6.74. The molecular formula is C9H13N3O3S. The SMILES string of the molecule is COc1cc(NC2CCS(=O)(=O)C2)ncn1. The minimum Gasteiger partial charge on any atom is -0.481 e. The molecule has 0 spiro atoms. The monoisotopic (exact) mass is 243 g/mol. The number of hydrogen-bond donors (Lipinski definition) is 1. The number of nitrogens with zero attached hydrogens (tertiary/aromatic N) is 2. The molecule has 7 heteroatoms. The lowest BCUT2D eigenvalue weighted by atomic mass is 10.2. The number of rotatable bonds is 3. The van der Waals surface area contributed by atoms with Crippen LogP contribution in [-0.2, 0) is 9.84 Å². The van der Waals surface area contributed by atoms with Crippen LogP contribution in [0.5, 0.6) is 5.88 Å². The second-order valence-electron chi connectivity index (χ2n) is 3.69. The lowest BCUT2D eigenvalue weighted by Gasteiger charge is -2.11. The maximum Gasteiger partial charge on any atom is 0.218 e. The highest BCUT2D eigenvalue weighted by atomic mass is 32.2. The fraction of sp³-hybridized carbons (Fsp3) is 0.556. The maximum atomic E-state index is 11.3. The molecule has 0 aromatic carbocycles. The molecule has 1 atom stereocenters. The third-order valence-electron chi connectivity index (χ3n) is 2.44. The zero-order chi connectivity index (χ0) is 11.6. The Morgan fingerprint density at radius 1 is 1.50 bits per heavy atom. The Hall–Kier alpha value is -1.37. The van der Waals surface area contributed by atoms with E-state index in [1.165, 1.54) is 13.4 Å². The molecule has 1 aliphatic rings. The summed E-state index contributed by atoms with van der Waals surface area (Å²) in [6, 6.07) is 1.58. The second kappa shape index (κ2) is 4.25. The number of nitrogens with one attached hydrogen (secondary N) is 1. The van der Waals surface area contributed by atoms with Crippen molar-refractivity contribution in [3.8, 4) is 5.88 Å². The van der Waals surface area contributed by atoms with Crippen LogP contribution in [0.15, 0.2) is 12.4 Å². The lowest BCUT2D eigenvalue weighted by Crippen LogP contribution is -2.21. The van der Waals surface area contributed by atoms with Gasteiger partial charge in [0.15, 0.2) is 9.84 Å². The van der Waals surface area contributed by atoms with Crippen molar-refractivity contribution in [2.24, 2.45) is 0 Å². The molecule has 1 aliphatic heterocycles. The van der Waals surface area contributed by atoms with E-state index in [2.05, 4.69) is 15.3 Å². The summed E-state index contributed by atoms with van der Waals surface area (Å²) in [5, 5.41) is 3.06. The van der Waals surface area contributed by atoms with E-state index in [4.69, 9.17) is 4.74 Å². The Bertz CT molecular complexity index is 475. The molecule has 88 valence electrons. The lowest BCUT2D eigenvalue weighted by molar-refractivity contribution is 0.397. The van der Waals surface area contributed by atoms with Gasteiger partial charge < -0.3 is 10.1 Å². The number of ether oxygens (including phenoxy) is 1. The van der Waals surface area contributed by atoms with Crippen LogP contribution in [0.3, 0.4) is 0 Å². The van der Waals surface area contributed by atoms with Crippen LogP contribution in [0.4, 0.5) is 5.82 Å². The van der Waals surface area contributed by atoms with Crippen LogP contribution in [0.25, 0.3) is 0 Å². The van der Waals surface area contributed by atoms with Gasteiger partial charge in [0.1, 0.15) is 12.1 Å². The molecule has 0 amide bonds. The number of sulfone groups is 1. The van der Waals surface area contributed by atoms with Gasteiger partial charge in [-0.1, -0.05) is 0 Å². The zero-order valence-corrected chi connectivity index (χ0v) is 9.70. The average Bonchev–Trinajstić information content (AvgIpc) is 2.58. The van der Waals surface area contributed by atoms with Gasteiger partial charge in [0.05, 0.1) is 18.6 Å². The largest absolute Gasteiger partial charge is 0.481 e. The highest BCUT2D eigenvalue weighted by Crippen LogP contribution is 2.17. The van der Waals surface area contributed by atoms with E-state index in [-0.39, 0.29) is 17.5 Å². The van der Waals surface area contributed by atoms with Crippen LogP contribution < -0.4 is 10.1 Å². The minimum atomic E-state index is -2.87. The standard InChI is InChI=1S/C9H13N3O3S/c1-15-9-4-8(10-6-11-9)12-7-2-3-16(13,14)5-7/h4,6-7H,2-3,5H2,1H3,(H,10,11,12). The summed E-state index contributed by atoms with van der Waals surface area (Å²) in [5.41, 5.74) is 0. The number of methoxy groups -OCH3 is 1. The predicted octanol–water partition coefficient (Wildman–Crippen LogP) is 0.0842. The first-order chi connectivity index (χ1) is 7.59. The Balaban J connectivity index is 2.04. The van der Waals surface area contributed by atoms with Crippen LogP contribution >= 0.6 is 0 Å². The van der Waals surface area contributed by atoms with Gasteiger partial charge >= 0.3 is 0 Å². The molecule has 0 saturated carbocycles. The van der Waals surface area contributed by atoms with Crippen LogP contribution in [0.1, 0.15) is 6.42 Å². The van der Waals surface area contributed by atoms with Gasteiger partial charge in [-0.3, -0.25) is 0 Å². The van der Waals surface area contributed by atoms with Crippen molar-refractivity contribution in [1.82, 2.24) is 9.97 Å². The molecule has 0 radical (unpaired) electrons. The molecule has 1 unspecified atom stereocenters. The summed E-state index contributed by atoms with van der Waals surface area (Å²) in [6.45, 7) is 0. The quantitative estimate of drug-likeness (QED) is 0.810. The van der Waals surface area contributed by atoms with Crippen molar-refractivity contribution in [1.29, 1.82) is 0 Å². The second-order valence-corrected chi connectivity index (χ2v) is 5.92. The first-order valence-electron chi connectivity index (χ1n) is 4.92. The molecule has 0 aliphatic carbocycles. The summed E-state index contributed by atoms with van der Waals surface area (Å²) < 4.78 is 27.5. The van der Waals surface area contributed by atoms with Crippen molar-refractivity contribution in [3.05, 3.63) is 12.4 Å². The van der Waals surface area contributed by atoms with Gasteiger partial charge in [0, 0.05) is 12.1 Å². The number of anilines is 1. The van der Waals surface area contributed by atoms with Gasteiger partial charge in [-0.2, -0.15) is 0 Å². The Labute approximate surface area is 94.0 Å². The summed E-state index contributed by atoms with van der Waals surface area (Å²) in [4.78, 5) is 7.87. The van der Waals surface area contributed by atoms with Crippen molar-refractivity contribution in [2.75, 3.05) is 23.9 Å². The van der Waals surface area contributed by atoms with Gasteiger partial charge in [-0.25, -0.2) is 18.4 Å². The molecule has 1 aromatic rings. The number of aromatic nitrogens is 2. The summed E-state index contributed by atoms with van der Waals surface area (Å²) in [7, 11) is -1.35. The van der Waals surface area contributed by atoms with E-state index >= 15 is 0 Å². The maximum absolute atomic E-state index is 11.3. The Morgan fingerprint density at radius 2 is 2.31 bits per heavy atom. The van der Waals surface area contributed by atoms with Crippen molar-refractivity contribution in [2.45, 2.75) is 12.5 Å². The number of hydrogen-bond acceptors (Lipinski definition) is 6. The van der Waals surface area contributed by atoms with Gasteiger partial charge in [0.25, 0.3) is 0 Å². The molecule has 2 rings (SSSR count). The molecular weight excluding hydrogens is 230 g/mol. The third kappa shape index (κ3) is 2.60. The van der Waals surface area contributed by atoms with Crippen LogP contribution in [0.2, 0.25) is 0 Å².